The maximum atomic E-state index is 12.2. The molecule has 1 fully saturated rings. The smallest absolute Gasteiger partial charge is 0.244 e. The number of nitrogens with zero attached hydrogens (tertiary/aromatic N) is 2. The first-order valence-electron chi connectivity index (χ1n) is 6.47. The lowest BCUT2D eigenvalue weighted by Crippen LogP contribution is -2.45. The standard InChI is InChI=1S/C15H19N3O/c1-11-8-15(9-11,10-16)14(19)17-12-5-4-6-13(7-12)18(2)3/h4-7,11H,8-9H2,1-3H3,(H,17,19). The summed E-state index contributed by atoms with van der Waals surface area (Å²) in [6.45, 7) is 2.07. The molecule has 2 rings (SSSR count). The Morgan fingerprint density at radius 2 is 2.16 bits per heavy atom. The van der Waals surface area contributed by atoms with Crippen molar-refractivity contribution in [1.82, 2.24) is 0 Å². The Morgan fingerprint density at radius 3 is 2.68 bits per heavy atom. The Kier molecular flexibility index (Phi) is 3.48. The van der Waals surface area contributed by atoms with Gasteiger partial charge in [-0.05, 0) is 37.0 Å². The third-order valence-corrected chi connectivity index (χ3v) is 3.66. The van der Waals surface area contributed by atoms with Crippen LogP contribution < -0.4 is 10.2 Å². The van der Waals surface area contributed by atoms with E-state index in [1.807, 2.05) is 43.3 Å². The van der Waals surface area contributed by atoms with Crippen LogP contribution in [0, 0.1) is 22.7 Å². The van der Waals surface area contributed by atoms with Crippen LogP contribution in [0.15, 0.2) is 24.3 Å². The molecule has 4 nitrogen and oxygen atoms in total. The molecule has 19 heavy (non-hydrogen) atoms. The van der Waals surface area contributed by atoms with Crippen LogP contribution in [-0.4, -0.2) is 20.0 Å². The summed E-state index contributed by atoms with van der Waals surface area (Å²) in [5.74, 6) is 0.280. The Labute approximate surface area is 114 Å². The summed E-state index contributed by atoms with van der Waals surface area (Å²) in [5, 5.41) is 12.1. The van der Waals surface area contributed by atoms with E-state index in [0.29, 0.717) is 18.8 Å². The Bertz CT molecular complexity index is 524. The van der Waals surface area contributed by atoms with Crippen molar-refractivity contribution in [2.24, 2.45) is 11.3 Å². The summed E-state index contributed by atoms with van der Waals surface area (Å²) in [5.41, 5.74) is 0.934. The van der Waals surface area contributed by atoms with Crippen LogP contribution in [0.2, 0.25) is 0 Å². The zero-order chi connectivity index (χ0) is 14.0. The maximum Gasteiger partial charge on any atom is 0.244 e. The van der Waals surface area contributed by atoms with Crippen LogP contribution in [-0.2, 0) is 4.79 Å². The van der Waals surface area contributed by atoms with Gasteiger partial charge < -0.3 is 10.2 Å². The van der Waals surface area contributed by atoms with Crippen molar-refractivity contribution in [3.05, 3.63) is 24.3 Å². The summed E-state index contributed by atoms with van der Waals surface area (Å²) in [4.78, 5) is 14.2. The summed E-state index contributed by atoms with van der Waals surface area (Å²) >= 11 is 0. The molecule has 0 radical (unpaired) electrons. The predicted octanol–water partition coefficient (Wildman–Crippen LogP) is 2.63. The number of hydrogen-bond acceptors (Lipinski definition) is 3. The van der Waals surface area contributed by atoms with Gasteiger partial charge in [-0.25, -0.2) is 0 Å². The molecule has 0 heterocycles. The van der Waals surface area contributed by atoms with E-state index in [1.165, 1.54) is 0 Å². The second-order valence-electron chi connectivity index (χ2n) is 5.61. The number of anilines is 2. The van der Waals surface area contributed by atoms with E-state index in [4.69, 9.17) is 0 Å². The van der Waals surface area contributed by atoms with Crippen molar-refractivity contribution in [3.63, 3.8) is 0 Å². The third kappa shape index (κ3) is 2.55. The van der Waals surface area contributed by atoms with Gasteiger partial charge in [-0.3, -0.25) is 4.79 Å². The van der Waals surface area contributed by atoms with E-state index < -0.39 is 5.41 Å². The molecule has 0 aromatic heterocycles. The molecule has 0 aliphatic heterocycles. The second kappa shape index (κ2) is 4.93. The highest BCUT2D eigenvalue weighted by Crippen LogP contribution is 2.45. The van der Waals surface area contributed by atoms with Gasteiger partial charge in [-0.15, -0.1) is 0 Å². The Balaban J connectivity index is 2.11. The van der Waals surface area contributed by atoms with E-state index in [2.05, 4.69) is 18.3 Å². The monoisotopic (exact) mass is 257 g/mol. The number of carbonyl (C=O) groups is 1. The lowest BCUT2D eigenvalue weighted by molar-refractivity contribution is -0.128. The number of carbonyl (C=O) groups excluding carboxylic acids is 1. The van der Waals surface area contributed by atoms with Gasteiger partial charge in [-0.2, -0.15) is 5.26 Å². The maximum absolute atomic E-state index is 12.2. The van der Waals surface area contributed by atoms with Gasteiger partial charge in [0.1, 0.15) is 5.41 Å². The largest absolute Gasteiger partial charge is 0.378 e. The van der Waals surface area contributed by atoms with Gasteiger partial charge >= 0.3 is 0 Å². The Hall–Kier alpha value is -2.02. The minimum Gasteiger partial charge on any atom is -0.378 e. The van der Waals surface area contributed by atoms with Gasteiger partial charge in [-0.1, -0.05) is 13.0 Å². The quantitative estimate of drug-likeness (QED) is 0.905. The van der Waals surface area contributed by atoms with Gasteiger partial charge in [0.05, 0.1) is 6.07 Å². The number of nitriles is 1. The molecule has 0 bridgehead atoms. The van der Waals surface area contributed by atoms with Gasteiger partial charge in [0.25, 0.3) is 0 Å². The van der Waals surface area contributed by atoms with Crippen LogP contribution in [0.25, 0.3) is 0 Å². The van der Waals surface area contributed by atoms with E-state index in [-0.39, 0.29) is 5.91 Å². The first-order chi connectivity index (χ1) is 8.97. The molecule has 1 amide bonds. The molecule has 1 aromatic rings. The molecule has 0 atom stereocenters. The lowest BCUT2D eigenvalue weighted by atomic mass is 9.63. The van der Waals surface area contributed by atoms with Crippen molar-refractivity contribution < 1.29 is 4.79 Å². The molecule has 4 heteroatoms. The van der Waals surface area contributed by atoms with Crippen molar-refractivity contribution in [1.29, 1.82) is 5.26 Å². The Morgan fingerprint density at radius 1 is 1.47 bits per heavy atom. The molecule has 0 saturated heterocycles. The van der Waals surface area contributed by atoms with Gasteiger partial charge in [0.15, 0.2) is 0 Å². The highest BCUT2D eigenvalue weighted by Gasteiger charge is 2.48. The normalized spacial score (nSPS) is 25.1. The number of benzene rings is 1. The highest BCUT2D eigenvalue weighted by atomic mass is 16.2. The molecule has 1 aromatic carbocycles. The topological polar surface area (TPSA) is 56.1 Å². The van der Waals surface area contributed by atoms with E-state index >= 15 is 0 Å². The van der Waals surface area contributed by atoms with E-state index in [0.717, 1.165) is 11.4 Å². The summed E-state index contributed by atoms with van der Waals surface area (Å²) < 4.78 is 0. The minimum atomic E-state index is -0.826. The van der Waals surface area contributed by atoms with Crippen molar-refractivity contribution in [2.45, 2.75) is 19.8 Å². The molecular weight excluding hydrogens is 238 g/mol. The average Bonchev–Trinajstić information content (AvgIpc) is 2.34. The van der Waals surface area contributed by atoms with Gasteiger partial charge in [0.2, 0.25) is 5.91 Å². The fourth-order valence-corrected chi connectivity index (χ4v) is 2.57. The number of amides is 1. The van der Waals surface area contributed by atoms with Crippen molar-refractivity contribution >= 4 is 17.3 Å². The summed E-state index contributed by atoms with van der Waals surface area (Å²) in [6.07, 6.45) is 1.31. The molecular formula is C15H19N3O. The predicted molar refractivity (Wildman–Crippen MR) is 75.8 cm³/mol. The van der Waals surface area contributed by atoms with Crippen LogP contribution >= 0.6 is 0 Å². The highest BCUT2D eigenvalue weighted by molar-refractivity contribution is 5.98. The number of rotatable bonds is 3. The molecule has 1 saturated carbocycles. The minimum absolute atomic E-state index is 0.177. The van der Waals surface area contributed by atoms with Crippen LogP contribution in [0.4, 0.5) is 11.4 Å². The first kappa shape index (κ1) is 13.4. The molecule has 0 spiro atoms. The van der Waals surface area contributed by atoms with Crippen molar-refractivity contribution in [2.75, 3.05) is 24.3 Å². The zero-order valence-electron chi connectivity index (χ0n) is 11.6. The number of hydrogen-bond donors (Lipinski definition) is 1. The van der Waals surface area contributed by atoms with E-state index in [9.17, 15) is 10.1 Å². The van der Waals surface area contributed by atoms with Crippen LogP contribution in [0.3, 0.4) is 0 Å². The third-order valence-electron chi connectivity index (χ3n) is 3.66. The number of nitrogens with one attached hydrogen (secondary N) is 1. The second-order valence-corrected chi connectivity index (χ2v) is 5.61. The lowest BCUT2D eigenvalue weighted by Gasteiger charge is -2.39. The van der Waals surface area contributed by atoms with Gasteiger partial charge in [0, 0.05) is 25.5 Å². The molecule has 100 valence electrons. The summed E-state index contributed by atoms with van der Waals surface area (Å²) in [7, 11) is 3.90. The fourth-order valence-electron chi connectivity index (χ4n) is 2.57. The zero-order valence-corrected chi connectivity index (χ0v) is 11.6. The molecule has 1 N–H and O–H groups in total. The summed E-state index contributed by atoms with van der Waals surface area (Å²) in [6, 6.07) is 9.80. The van der Waals surface area contributed by atoms with Crippen LogP contribution in [0.1, 0.15) is 19.8 Å². The molecule has 0 unspecified atom stereocenters. The van der Waals surface area contributed by atoms with E-state index in [1.54, 1.807) is 0 Å². The van der Waals surface area contributed by atoms with Crippen molar-refractivity contribution in [3.8, 4) is 6.07 Å². The molecule has 1 aliphatic carbocycles. The van der Waals surface area contributed by atoms with Crippen LogP contribution in [0.5, 0.6) is 0 Å². The SMILES string of the molecule is CC1CC(C#N)(C(=O)Nc2cccc(N(C)C)c2)C1. The molecule has 1 aliphatic rings. The fraction of sp³-hybridized carbons (Fsp3) is 0.467. The first-order valence-corrected chi connectivity index (χ1v) is 6.47. The average molecular weight is 257 g/mol.